The molecule has 2 rings (SSSR count). The van der Waals surface area contributed by atoms with Crippen LogP contribution in [0.3, 0.4) is 0 Å². The van der Waals surface area contributed by atoms with Crippen LogP contribution in [0.15, 0.2) is 40.9 Å². The van der Waals surface area contributed by atoms with E-state index in [1.807, 2.05) is 25.2 Å². The summed E-state index contributed by atoms with van der Waals surface area (Å²) in [5, 5.41) is 3.18. The molecule has 0 atom stereocenters. The first-order valence-electron chi connectivity index (χ1n) is 7.22. The Morgan fingerprint density at radius 3 is 2.52 bits per heavy atom. The Morgan fingerprint density at radius 2 is 1.90 bits per heavy atom. The van der Waals surface area contributed by atoms with Gasteiger partial charge in [0.05, 0.1) is 0 Å². The second-order valence-electron chi connectivity index (χ2n) is 5.56. The van der Waals surface area contributed by atoms with Gasteiger partial charge in [0.1, 0.15) is 11.5 Å². The first-order valence-corrected chi connectivity index (χ1v) is 8.02. The molecule has 1 N–H and O–H groups in total. The zero-order valence-electron chi connectivity index (χ0n) is 13.0. The van der Waals surface area contributed by atoms with Crippen molar-refractivity contribution in [2.45, 2.75) is 33.2 Å². The van der Waals surface area contributed by atoms with E-state index in [0.29, 0.717) is 5.92 Å². The van der Waals surface area contributed by atoms with Crippen LogP contribution in [0.1, 0.15) is 36.5 Å². The van der Waals surface area contributed by atoms with Crippen LogP contribution in [0.5, 0.6) is 11.5 Å². The van der Waals surface area contributed by atoms with Crippen molar-refractivity contribution in [3.05, 3.63) is 57.6 Å². The molecule has 2 aromatic rings. The van der Waals surface area contributed by atoms with E-state index in [0.717, 1.165) is 22.5 Å². The van der Waals surface area contributed by atoms with E-state index >= 15 is 0 Å². The normalized spacial score (nSPS) is 11.0. The van der Waals surface area contributed by atoms with Crippen LogP contribution in [0.4, 0.5) is 0 Å². The predicted octanol–water partition coefficient (Wildman–Crippen LogP) is 5.39. The number of aryl methyl sites for hydroxylation is 1. The number of rotatable bonds is 5. The first kappa shape index (κ1) is 16.1. The average Bonchev–Trinajstić information content (AvgIpc) is 2.44. The molecule has 3 heteroatoms. The van der Waals surface area contributed by atoms with Gasteiger partial charge in [-0.15, -0.1) is 0 Å². The van der Waals surface area contributed by atoms with Crippen molar-refractivity contribution in [2.75, 3.05) is 7.05 Å². The second-order valence-corrected chi connectivity index (χ2v) is 6.47. The van der Waals surface area contributed by atoms with Crippen LogP contribution in [0.2, 0.25) is 0 Å². The van der Waals surface area contributed by atoms with Gasteiger partial charge in [0.15, 0.2) is 0 Å². The minimum Gasteiger partial charge on any atom is -0.457 e. The first-order chi connectivity index (χ1) is 10.0. The molecule has 0 bridgehead atoms. The van der Waals surface area contributed by atoms with E-state index in [1.54, 1.807) is 0 Å². The predicted molar refractivity (Wildman–Crippen MR) is 92.2 cm³/mol. The number of hydrogen-bond acceptors (Lipinski definition) is 2. The summed E-state index contributed by atoms with van der Waals surface area (Å²) in [5.74, 6) is 2.23. The van der Waals surface area contributed by atoms with Gasteiger partial charge in [0, 0.05) is 11.0 Å². The van der Waals surface area contributed by atoms with Crippen LogP contribution in [0.25, 0.3) is 0 Å². The van der Waals surface area contributed by atoms with Gasteiger partial charge in [0.25, 0.3) is 0 Å². The lowest BCUT2D eigenvalue weighted by Crippen LogP contribution is -2.06. The zero-order valence-corrected chi connectivity index (χ0v) is 14.6. The third-order valence-electron chi connectivity index (χ3n) is 3.50. The number of nitrogens with one attached hydrogen (secondary N) is 1. The zero-order chi connectivity index (χ0) is 15.4. The molecule has 0 heterocycles. The largest absolute Gasteiger partial charge is 0.457 e. The highest BCUT2D eigenvalue weighted by molar-refractivity contribution is 9.10. The fourth-order valence-electron chi connectivity index (χ4n) is 2.31. The molecule has 0 unspecified atom stereocenters. The molecule has 0 spiro atoms. The van der Waals surface area contributed by atoms with E-state index in [2.05, 4.69) is 60.2 Å². The van der Waals surface area contributed by atoms with Crippen molar-refractivity contribution in [1.29, 1.82) is 0 Å². The van der Waals surface area contributed by atoms with Gasteiger partial charge in [-0.05, 0) is 66.9 Å². The Kier molecular flexibility index (Phi) is 5.43. The highest BCUT2D eigenvalue weighted by Gasteiger charge is 2.10. The van der Waals surface area contributed by atoms with E-state index in [1.165, 1.54) is 16.7 Å². The van der Waals surface area contributed by atoms with Gasteiger partial charge >= 0.3 is 0 Å². The van der Waals surface area contributed by atoms with Gasteiger partial charge in [-0.25, -0.2) is 0 Å². The van der Waals surface area contributed by atoms with Crippen molar-refractivity contribution in [3.8, 4) is 11.5 Å². The molecule has 0 aliphatic rings. The van der Waals surface area contributed by atoms with E-state index in [4.69, 9.17) is 4.74 Å². The fraction of sp³-hybridized carbons (Fsp3) is 0.333. The lowest BCUT2D eigenvalue weighted by molar-refractivity contribution is 0.472. The van der Waals surface area contributed by atoms with Crippen LogP contribution in [-0.2, 0) is 6.54 Å². The van der Waals surface area contributed by atoms with Crippen LogP contribution in [-0.4, -0.2) is 7.05 Å². The molecule has 0 amide bonds. The maximum atomic E-state index is 6.10. The van der Waals surface area contributed by atoms with Crippen LogP contribution >= 0.6 is 15.9 Å². The lowest BCUT2D eigenvalue weighted by atomic mass is 10.0. The molecule has 2 nitrogen and oxygen atoms in total. The van der Waals surface area contributed by atoms with Crippen molar-refractivity contribution < 1.29 is 4.74 Å². The summed E-state index contributed by atoms with van der Waals surface area (Å²) in [4.78, 5) is 0. The summed E-state index contributed by atoms with van der Waals surface area (Å²) < 4.78 is 7.18. The number of halogens is 1. The minimum atomic E-state index is 0.419. The molecule has 0 aromatic heterocycles. The molecule has 21 heavy (non-hydrogen) atoms. The maximum Gasteiger partial charge on any atom is 0.130 e. The summed E-state index contributed by atoms with van der Waals surface area (Å²) >= 11 is 3.53. The quantitative estimate of drug-likeness (QED) is 0.782. The highest BCUT2D eigenvalue weighted by Crippen LogP contribution is 2.33. The number of ether oxygens (including phenoxy) is 1. The van der Waals surface area contributed by atoms with E-state index in [-0.39, 0.29) is 0 Å². The van der Waals surface area contributed by atoms with Crippen molar-refractivity contribution in [2.24, 2.45) is 0 Å². The lowest BCUT2D eigenvalue weighted by Gasteiger charge is -2.15. The van der Waals surface area contributed by atoms with Gasteiger partial charge in [-0.2, -0.15) is 0 Å². The molecule has 0 aliphatic heterocycles. The third-order valence-corrected chi connectivity index (χ3v) is 4.00. The topological polar surface area (TPSA) is 21.3 Å². The summed E-state index contributed by atoms with van der Waals surface area (Å²) in [7, 11) is 1.96. The Labute approximate surface area is 135 Å². The van der Waals surface area contributed by atoms with Crippen molar-refractivity contribution in [3.63, 3.8) is 0 Å². The highest BCUT2D eigenvalue weighted by atomic mass is 79.9. The smallest absolute Gasteiger partial charge is 0.130 e. The molecule has 0 radical (unpaired) electrons. The summed E-state index contributed by atoms with van der Waals surface area (Å²) in [6, 6.07) is 12.4. The summed E-state index contributed by atoms with van der Waals surface area (Å²) in [6.45, 7) is 7.35. The standard InChI is InChI=1S/C18H22BrNO/c1-12(2)17-10-15(19)6-8-18(17)21-16-7-5-14(11-20-4)13(3)9-16/h5-10,12,20H,11H2,1-4H3. The van der Waals surface area contributed by atoms with Gasteiger partial charge in [-0.1, -0.05) is 35.8 Å². The molecule has 0 saturated carbocycles. The van der Waals surface area contributed by atoms with Crippen LogP contribution < -0.4 is 10.1 Å². The Balaban J connectivity index is 2.28. The SMILES string of the molecule is CNCc1ccc(Oc2ccc(Br)cc2C(C)C)cc1C. The van der Waals surface area contributed by atoms with Crippen LogP contribution in [0, 0.1) is 6.92 Å². The molecule has 0 aliphatic carbocycles. The summed E-state index contributed by atoms with van der Waals surface area (Å²) in [5.41, 5.74) is 3.75. The fourth-order valence-corrected chi connectivity index (χ4v) is 2.69. The Morgan fingerprint density at radius 1 is 1.14 bits per heavy atom. The number of hydrogen-bond donors (Lipinski definition) is 1. The molecule has 2 aromatic carbocycles. The summed E-state index contributed by atoms with van der Waals surface area (Å²) in [6.07, 6.45) is 0. The maximum absolute atomic E-state index is 6.10. The van der Waals surface area contributed by atoms with Gasteiger partial charge in [0.2, 0.25) is 0 Å². The molecular weight excluding hydrogens is 326 g/mol. The van der Waals surface area contributed by atoms with E-state index < -0.39 is 0 Å². The van der Waals surface area contributed by atoms with Crippen molar-refractivity contribution in [1.82, 2.24) is 5.32 Å². The Hall–Kier alpha value is -1.32. The molecule has 0 fully saturated rings. The second kappa shape index (κ2) is 7.10. The monoisotopic (exact) mass is 347 g/mol. The number of benzene rings is 2. The van der Waals surface area contributed by atoms with Gasteiger partial charge < -0.3 is 10.1 Å². The Bertz CT molecular complexity index is 623. The minimum absolute atomic E-state index is 0.419. The molecular formula is C18H22BrNO. The molecule has 0 saturated heterocycles. The van der Waals surface area contributed by atoms with Gasteiger partial charge in [-0.3, -0.25) is 0 Å². The van der Waals surface area contributed by atoms with E-state index in [9.17, 15) is 0 Å². The third kappa shape index (κ3) is 4.08. The molecule has 112 valence electrons. The van der Waals surface area contributed by atoms with Crippen molar-refractivity contribution >= 4 is 15.9 Å². The average molecular weight is 348 g/mol.